The Morgan fingerprint density at radius 1 is 0.975 bits per heavy atom. The largest absolute Gasteiger partial charge is 1.00 e. The van der Waals surface area contributed by atoms with Crippen molar-refractivity contribution >= 4 is 45.0 Å². The fourth-order valence-electron chi connectivity index (χ4n) is 3.77. The number of carbonyl (C=O) groups is 2. The Bertz CT molecular complexity index is 1500. The first kappa shape index (κ1) is 31.7. The van der Waals surface area contributed by atoms with E-state index in [9.17, 15) is 18.0 Å². The summed E-state index contributed by atoms with van der Waals surface area (Å²) >= 11 is 3.03. The zero-order valence-electron chi connectivity index (χ0n) is 22.8. The van der Waals surface area contributed by atoms with Gasteiger partial charge in [0.2, 0.25) is 5.91 Å². The molecule has 0 aliphatic heterocycles. The van der Waals surface area contributed by atoms with Gasteiger partial charge < -0.3 is 21.0 Å². The van der Waals surface area contributed by atoms with E-state index in [1.54, 1.807) is 23.5 Å². The third-order valence-electron chi connectivity index (χ3n) is 5.58. The quantitative estimate of drug-likeness (QED) is 0.214. The molecular weight excluding hydrogens is 583 g/mol. The molecule has 40 heavy (non-hydrogen) atoms. The van der Waals surface area contributed by atoms with Crippen molar-refractivity contribution < 1.29 is 57.9 Å². The van der Waals surface area contributed by atoms with Gasteiger partial charge in [-0.05, 0) is 41.1 Å². The molecule has 2 heterocycles. The predicted octanol–water partition coefficient (Wildman–Crippen LogP) is 0.938. The van der Waals surface area contributed by atoms with Gasteiger partial charge in [-0.15, -0.1) is 22.7 Å². The van der Waals surface area contributed by atoms with Gasteiger partial charge in [-0.2, -0.15) is 13.6 Å². The third-order valence-corrected chi connectivity index (χ3v) is 7.90. The van der Waals surface area contributed by atoms with Crippen molar-refractivity contribution in [3.63, 3.8) is 0 Å². The summed E-state index contributed by atoms with van der Waals surface area (Å²) in [4.78, 5) is 31.3. The zero-order valence-corrected chi connectivity index (χ0v) is 26.2. The number of amides is 2. The minimum Gasteiger partial charge on any atom is -1.00 e. The second kappa shape index (κ2) is 14.7. The number of carbonyl (C=O) groups excluding carboxylic acids is 2. The number of nitrogens with one attached hydrogen (secondary N) is 2. The first-order valence-electron chi connectivity index (χ1n) is 11.7. The minimum absolute atomic E-state index is 0. The van der Waals surface area contributed by atoms with Gasteiger partial charge >= 0.3 is 46.0 Å². The van der Waals surface area contributed by atoms with Crippen molar-refractivity contribution in [2.75, 3.05) is 7.11 Å². The second-order valence-electron chi connectivity index (χ2n) is 8.42. The first-order valence-corrected chi connectivity index (χ1v) is 14.9. The number of nitrogens with two attached hydrogens (primary N) is 1. The van der Waals surface area contributed by atoms with Gasteiger partial charge in [-0.25, -0.2) is 9.78 Å². The van der Waals surface area contributed by atoms with Crippen LogP contribution in [0.2, 0.25) is 0 Å². The average molecular weight is 611 g/mol. The number of ether oxygens (including phenoxy) is 1. The molecule has 0 aliphatic rings. The fraction of sp³-hybridized carbons (Fsp3) is 0.192. The third kappa shape index (κ3) is 9.41. The summed E-state index contributed by atoms with van der Waals surface area (Å²) in [5.41, 5.74) is 2.30. The Morgan fingerprint density at radius 2 is 1.68 bits per heavy atom. The standard InChI is InChI=1S/C26H26N4O6S3.Na.H/c1-35-26(32)30-21(15-17-6-3-2-4-7-17)24(31)28-20(22-16-38-25(29-22)23-8-5-13-37-23)14-18-9-11-19(12-10-18)36-39(27,33)34;;/h2-13,16,20-21H,14-15H2,1H3,(H,28,31)(H,30,32)(H2,27,33,34);;/q;+1;-1. The van der Waals surface area contributed by atoms with E-state index in [-0.39, 0.29) is 43.2 Å². The van der Waals surface area contributed by atoms with E-state index in [0.29, 0.717) is 12.1 Å². The number of alkyl carbamates (subject to hydrolysis) is 1. The molecule has 4 rings (SSSR count). The summed E-state index contributed by atoms with van der Waals surface area (Å²) in [6, 6.07) is 18.1. The Hall–Kier alpha value is -2.78. The van der Waals surface area contributed by atoms with E-state index >= 15 is 0 Å². The maximum absolute atomic E-state index is 13.5. The fourth-order valence-corrected chi connectivity index (χ4v) is 5.84. The van der Waals surface area contributed by atoms with Crippen LogP contribution in [-0.2, 0) is 32.7 Å². The Balaban J connectivity index is 0.00000294. The molecular formula is C26H27N4NaO6S3. The van der Waals surface area contributed by atoms with Gasteiger partial charge in [0.1, 0.15) is 16.8 Å². The maximum atomic E-state index is 13.5. The summed E-state index contributed by atoms with van der Waals surface area (Å²) in [7, 11) is -2.91. The SMILES string of the molecule is COC(=O)NC(Cc1ccccc1)C(=O)NC(Cc1ccc(OS(N)(=O)=O)cc1)c1csc(-c2cccs2)n1.[H-].[Na+]. The summed E-state index contributed by atoms with van der Waals surface area (Å²) in [6.45, 7) is 0. The van der Waals surface area contributed by atoms with E-state index in [1.807, 2.05) is 53.2 Å². The first-order chi connectivity index (χ1) is 18.7. The van der Waals surface area contributed by atoms with Crippen molar-refractivity contribution in [3.05, 3.63) is 94.3 Å². The molecule has 0 radical (unpaired) electrons. The minimum atomic E-state index is -4.15. The smallest absolute Gasteiger partial charge is 1.00 e. The molecule has 0 aliphatic carbocycles. The molecule has 0 saturated carbocycles. The number of thiazole rings is 1. The van der Waals surface area contributed by atoms with Gasteiger partial charge in [-0.1, -0.05) is 48.5 Å². The normalized spacial score (nSPS) is 12.4. The van der Waals surface area contributed by atoms with Crippen molar-refractivity contribution in [2.24, 2.45) is 5.14 Å². The van der Waals surface area contributed by atoms with Crippen molar-refractivity contribution in [1.29, 1.82) is 0 Å². The van der Waals surface area contributed by atoms with Crippen LogP contribution >= 0.6 is 22.7 Å². The molecule has 2 unspecified atom stereocenters. The van der Waals surface area contributed by atoms with Gasteiger partial charge in [0.15, 0.2) is 0 Å². The second-order valence-corrected chi connectivity index (χ2v) is 11.4. The zero-order chi connectivity index (χ0) is 27.8. The topological polar surface area (TPSA) is 150 Å². The van der Waals surface area contributed by atoms with Crippen LogP contribution in [0.5, 0.6) is 5.75 Å². The monoisotopic (exact) mass is 610 g/mol. The van der Waals surface area contributed by atoms with Crippen molar-refractivity contribution in [3.8, 4) is 15.6 Å². The molecule has 0 spiro atoms. The van der Waals surface area contributed by atoms with Crippen LogP contribution in [0.3, 0.4) is 0 Å². The number of benzene rings is 2. The number of aromatic nitrogens is 1. The molecule has 4 N–H and O–H groups in total. The van der Waals surface area contributed by atoms with Gasteiger partial charge in [0, 0.05) is 11.8 Å². The molecule has 2 atom stereocenters. The number of thiophene rings is 1. The van der Waals surface area contributed by atoms with Gasteiger partial charge in [-0.3, -0.25) is 4.79 Å². The summed E-state index contributed by atoms with van der Waals surface area (Å²) in [5, 5.41) is 15.3. The molecule has 14 heteroatoms. The molecule has 10 nitrogen and oxygen atoms in total. The number of hydrogen-bond donors (Lipinski definition) is 3. The van der Waals surface area contributed by atoms with E-state index in [1.165, 1.54) is 30.6 Å². The summed E-state index contributed by atoms with van der Waals surface area (Å²) in [6.07, 6.45) is -0.126. The van der Waals surface area contributed by atoms with Crippen LogP contribution in [0.1, 0.15) is 24.3 Å². The van der Waals surface area contributed by atoms with Crippen LogP contribution in [-0.4, -0.2) is 38.6 Å². The van der Waals surface area contributed by atoms with Crippen molar-refractivity contribution in [1.82, 2.24) is 15.6 Å². The van der Waals surface area contributed by atoms with Gasteiger partial charge in [0.25, 0.3) is 0 Å². The number of nitrogens with zero attached hydrogens (tertiary/aromatic N) is 1. The maximum Gasteiger partial charge on any atom is 1.00 e. The Kier molecular flexibility index (Phi) is 11.7. The molecule has 2 amide bonds. The summed E-state index contributed by atoms with van der Waals surface area (Å²) in [5.74, 6) is -0.338. The Labute approximate surface area is 264 Å². The summed E-state index contributed by atoms with van der Waals surface area (Å²) < 4.78 is 31.9. The molecule has 2 aromatic heterocycles. The van der Waals surface area contributed by atoms with E-state index < -0.39 is 34.4 Å². The molecule has 0 fully saturated rings. The molecule has 206 valence electrons. The van der Waals surface area contributed by atoms with Crippen LogP contribution in [0, 0.1) is 0 Å². The molecule has 0 bridgehead atoms. The molecule has 2 aromatic carbocycles. The molecule has 4 aromatic rings. The van der Waals surface area contributed by atoms with E-state index in [4.69, 9.17) is 19.0 Å². The number of methoxy groups -OCH3 is 1. The molecule has 0 saturated heterocycles. The van der Waals surface area contributed by atoms with E-state index in [0.717, 1.165) is 21.0 Å². The van der Waals surface area contributed by atoms with Crippen LogP contribution in [0.25, 0.3) is 9.88 Å². The predicted molar refractivity (Wildman–Crippen MR) is 151 cm³/mol. The average Bonchev–Trinajstić information content (AvgIpc) is 3.61. The van der Waals surface area contributed by atoms with Crippen molar-refractivity contribution in [2.45, 2.75) is 24.9 Å². The Morgan fingerprint density at radius 3 is 2.30 bits per heavy atom. The van der Waals surface area contributed by atoms with E-state index in [2.05, 4.69) is 10.6 Å². The number of rotatable bonds is 11. The van der Waals surface area contributed by atoms with Gasteiger partial charge in [0.05, 0.1) is 23.7 Å². The number of hydrogen-bond acceptors (Lipinski definition) is 9. The van der Waals surface area contributed by atoms with Crippen LogP contribution in [0.15, 0.2) is 77.5 Å². The van der Waals surface area contributed by atoms with Crippen LogP contribution in [0.4, 0.5) is 4.79 Å². The van der Waals surface area contributed by atoms with Crippen LogP contribution < -0.4 is 49.5 Å².